The summed E-state index contributed by atoms with van der Waals surface area (Å²) in [5.74, 6) is 1.43. The second-order valence-corrected chi connectivity index (χ2v) is 4.57. The zero-order valence-corrected chi connectivity index (χ0v) is 10.3. The standard InChI is InChI=1S/C13H24O2/c1-4-10(5-2)9-12(14)13(15-6-3)11-7-8-11/h10-11,13H,4-9H2,1-3H3. The van der Waals surface area contributed by atoms with Crippen LogP contribution < -0.4 is 0 Å². The van der Waals surface area contributed by atoms with Gasteiger partial charge in [-0.05, 0) is 31.6 Å². The molecule has 0 saturated heterocycles. The molecule has 1 rings (SSSR count). The Kier molecular flexibility index (Phi) is 5.30. The summed E-state index contributed by atoms with van der Waals surface area (Å²) in [6, 6.07) is 0. The van der Waals surface area contributed by atoms with Crippen LogP contribution in [-0.2, 0) is 9.53 Å². The van der Waals surface area contributed by atoms with Gasteiger partial charge in [0.15, 0.2) is 5.78 Å². The second-order valence-electron chi connectivity index (χ2n) is 4.57. The zero-order valence-electron chi connectivity index (χ0n) is 10.3. The molecule has 1 aliphatic rings. The predicted molar refractivity (Wildman–Crippen MR) is 61.8 cm³/mol. The van der Waals surface area contributed by atoms with Crippen LogP contribution in [0.4, 0.5) is 0 Å². The Labute approximate surface area is 93.4 Å². The molecular formula is C13H24O2. The number of rotatable bonds is 8. The molecule has 88 valence electrons. The lowest BCUT2D eigenvalue weighted by atomic mass is 9.93. The highest BCUT2D eigenvalue weighted by Gasteiger charge is 2.36. The van der Waals surface area contributed by atoms with Crippen molar-refractivity contribution < 1.29 is 9.53 Å². The minimum atomic E-state index is -0.0874. The second kappa shape index (κ2) is 6.26. The first kappa shape index (κ1) is 12.7. The highest BCUT2D eigenvalue weighted by molar-refractivity contribution is 5.84. The van der Waals surface area contributed by atoms with Gasteiger partial charge in [-0.2, -0.15) is 0 Å². The number of ketones is 1. The van der Waals surface area contributed by atoms with Gasteiger partial charge in [-0.1, -0.05) is 26.7 Å². The highest BCUT2D eigenvalue weighted by atomic mass is 16.5. The number of hydrogen-bond donors (Lipinski definition) is 0. The molecule has 0 N–H and O–H groups in total. The molecule has 0 amide bonds. The van der Waals surface area contributed by atoms with Crippen molar-refractivity contribution in [3.05, 3.63) is 0 Å². The molecular weight excluding hydrogens is 188 g/mol. The number of ether oxygens (including phenoxy) is 1. The third kappa shape index (κ3) is 3.94. The minimum Gasteiger partial charge on any atom is -0.370 e. The summed E-state index contributed by atoms with van der Waals surface area (Å²) in [6.45, 7) is 6.96. The minimum absolute atomic E-state index is 0.0874. The van der Waals surface area contributed by atoms with Crippen LogP contribution in [0, 0.1) is 11.8 Å². The van der Waals surface area contributed by atoms with Crippen LogP contribution in [0.15, 0.2) is 0 Å². The summed E-state index contributed by atoms with van der Waals surface area (Å²) in [6.07, 6.45) is 5.19. The third-order valence-corrected chi connectivity index (χ3v) is 3.36. The largest absolute Gasteiger partial charge is 0.370 e. The van der Waals surface area contributed by atoms with Crippen molar-refractivity contribution in [1.82, 2.24) is 0 Å². The molecule has 0 aromatic heterocycles. The van der Waals surface area contributed by atoms with E-state index in [1.165, 1.54) is 12.8 Å². The predicted octanol–water partition coefficient (Wildman–Crippen LogP) is 3.20. The first-order chi connectivity index (χ1) is 7.22. The van der Waals surface area contributed by atoms with Crippen molar-refractivity contribution >= 4 is 5.78 Å². The van der Waals surface area contributed by atoms with E-state index in [1.54, 1.807) is 0 Å². The molecule has 1 aliphatic carbocycles. The van der Waals surface area contributed by atoms with E-state index in [0.717, 1.165) is 12.8 Å². The van der Waals surface area contributed by atoms with Crippen molar-refractivity contribution in [2.45, 2.75) is 59.0 Å². The molecule has 0 spiro atoms. The van der Waals surface area contributed by atoms with E-state index < -0.39 is 0 Å². The van der Waals surface area contributed by atoms with Gasteiger partial charge in [0.1, 0.15) is 6.10 Å². The van der Waals surface area contributed by atoms with Gasteiger partial charge in [0.2, 0.25) is 0 Å². The van der Waals surface area contributed by atoms with Gasteiger partial charge in [0.05, 0.1) is 0 Å². The summed E-state index contributed by atoms with van der Waals surface area (Å²) < 4.78 is 5.57. The van der Waals surface area contributed by atoms with Gasteiger partial charge in [0.25, 0.3) is 0 Å². The lowest BCUT2D eigenvalue weighted by Gasteiger charge is -2.18. The maximum absolute atomic E-state index is 12.0. The van der Waals surface area contributed by atoms with Crippen LogP contribution in [0.5, 0.6) is 0 Å². The van der Waals surface area contributed by atoms with Crippen molar-refractivity contribution in [3.8, 4) is 0 Å². The van der Waals surface area contributed by atoms with E-state index >= 15 is 0 Å². The molecule has 1 atom stereocenters. The van der Waals surface area contributed by atoms with E-state index in [9.17, 15) is 4.79 Å². The Bertz CT molecular complexity index is 193. The van der Waals surface area contributed by atoms with Crippen LogP contribution in [-0.4, -0.2) is 18.5 Å². The Morgan fingerprint density at radius 3 is 2.27 bits per heavy atom. The van der Waals surface area contributed by atoms with Gasteiger partial charge in [0, 0.05) is 13.0 Å². The molecule has 0 radical (unpaired) electrons. The summed E-state index contributed by atoms with van der Waals surface area (Å²) in [7, 11) is 0. The van der Waals surface area contributed by atoms with Crippen molar-refractivity contribution in [2.75, 3.05) is 6.61 Å². The normalized spacial score (nSPS) is 18.1. The molecule has 0 bridgehead atoms. The maximum atomic E-state index is 12.0. The van der Waals surface area contributed by atoms with Crippen LogP contribution in [0.1, 0.15) is 52.9 Å². The van der Waals surface area contributed by atoms with Crippen molar-refractivity contribution in [1.29, 1.82) is 0 Å². The van der Waals surface area contributed by atoms with Crippen molar-refractivity contribution in [2.24, 2.45) is 11.8 Å². The summed E-state index contributed by atoms with van der Waals surface area (Å²) >= 11 is 0. The van der Waals surface area contributed by atoms with Gasteiger partial charge < -0.3 is 4.74 Å². The lowest BCUT2D eigenvalue weighted by Crippen LogP contribution is -2.28. The van der Waals surface area contributed by atoms with E-state index in [1.807, 2.05) is 6.92 Å². The van der Waals surface area contributed by atoms with Gasteiger partial charge >= 0.3 is 0 Å². The fourth-order valence-corrected chi connectivity index (χ4v) is 2.05. The Morgan fingerprint density at radius 2 is 1.87 bits per heavy atom. The molecule has 0 aromatic rings. The van der Waals surface area contributed by atoms with Crippen LogP contribution >= 0.6 is 0 Å². The first-order valence-corrected chi connectivity index (χ1v) is 6.37. The van der Waals surface area contributed by atoms with E-state index in [0.29, 0.717) is 30.6 Å². The molecule has 2 nitrogen and oxygen atoms in total. The highest BCUT2D eigenvalue weighted by Crippen LogP contribution is 2.35. The number of Topliss-reactive ketones (excluding diaryl/α,β-unsaturated/α-hetero) is 1. The van der Waals surface area contributed by atoms with E-state index in [-0.39, 0.29) is 6.10 Å². The van der Waals surface area contributed by atoms with E-state index in [4.69, 9.17) is 4.74 Å². The van der Waals surface area contributed by atoms with Crippen molar-refractivity contribution in [3.63, 3.8) is 0 Å². The van der Waals surface area contributed by atoms with Crippen LogP contribution in [0.3, 0.4) is 0 Å². The maximum Gasteiger partial charge on any atom is 0.162 e. The van der Waals surface area contributed by atoms with Gasteiger partial charge in [-0.15, -0.1) is 0 Å². The lowest BCUT2D eigenvalue weighted by molar-refractivity contribution is -0.132. The molecule has 0 aromatic carbocycles. The molecule has 1 unspecified atom stereocenters. The molecule has 1 fully saturated rings. The third-order valence-electron chi connectivity index (χ3n) is 3.36. The average molecular weight is 212 g/mol. The molecule has 1 saturated carbocycles. The van der Waals surface area contributed by atoms with Crippen LogP contribution in [0.25, 0.3) is 0 Å². The molecule has 2 heteroatoms. The average Bonchev–Trinajstić information content (AvgIpc) is 3.06. The molecule has 0 aliphatic heterocycles. The number of carbonyl (C=O) groups is 1. The SMILES string of the molecule is CCOC(C(=O)CC(CC)CC)C1CC1. The fourth-order valence-electron chi connectivity index (χ4n) is 2.05. The zero-order chi connectivity index (χ0) is 11.3. The smallest absolute Gasteiger partial charge is 0.162 e. The quantitative estimate of drug-likeness (QED) is 0.617. The van der Waals surface area contributed by atoms with Crippen LogP contribution in [0.2, 0.25) is 0 Å². The molecule has 15 heavy (non-hydrogen) atoms. The summed E-state index contributed by atoms with van der Waals surface area (Å²) in [5.41, 5.74) is 0. The van der Waals surface area contributed by atoms with Gasteiger partial charge in [-0.25, -0.2) is 0 Å². The van der Waals surface area contributed by atoms with E-state index in [2.05, 4.69) is 13.8 Å². The first-order valence-electron chi connectivity index (χ1n) is 6.37. The Morgan fingerprint density at radius 1 is 1.27 bits per heavy atom. The molecule has 0 heterocycles. The topological polar surface area (TPSA) is 26.3 Å². The Hall–Kier alpha value is -0.370. The number of carbonyl (C=O) groups excluding carboxylic acids is 1. The fraction of sp³-hybridized carbons (Fsp3) is 0.923. The summed E-state index contributed by atoms with van der Waals surface area (Å²) in [5, 5.41) is 0. The number of hydrogen-bond acceptors (Lipinski definition) is 2. The Balaban J connectivity index is 2.40. The van der Waals surface area contributed by atoms with Gasteiger partial charge in [-0.3, -0.25) is 4.79 Å². The monoisotopic (exact) mass is 212 g/mol. The summed E-state index contributed by atoms with van der Waals surface area (Å²) in [4.78, 5) is 12.0.